The molecule has 132 valence electrons. The molecular formula is C21H27N3S. The van der Waals surface area contributed by atoms with Crippen molar-refractivity contribution in [2.24, 2.45) is 0 Å². The number of hydrogen-bond donors (Lipinski definition) is 2. The van der Waals surface area contributed by atoms with Crippen molar-refractivity contribution in [1.82, 2.24) is 5.32 Å². The average Bonchev–Trinajstić information content (AvgIpc) is 3.13. The minimum atomic E-state index is 0.166. The summed E-state index contributed by atoms with van der Waals surface area (Å²) >= 11 is 5.47. The maximum atomic E-state index is 5.47. The van der Waals surface area contributed by atoms with Crippen molar-refractivity contribution in [2.75, 3.05) is 23.3 Å². The summed E-state index contributed by atoms with van der Waals surface area (Å²) in [5, 5.41) is 7.31. The Bertz CT molecular complexity index is 733. The van der Waals surface area contributed by atoms with E-state index in [1.165, 1.54) is 48.3 Å². The lowest BCUT2D eigenvalue weighted by molar-refractivity contribution is 0.722. The predicted molar refractivity (Wildman–Crippen MR) is 112 cm³/mol. The molecule has 0 aromatic heterocycles. The highest BCUT2D eigenvalue weighted by atomic mass is 32.1. The van der Waals surface area contributed by atoms with Crippen LogP contribution in [0.15, 0.2) is 42.5 Å². The minimum absolute atomic E-state index is 0.166. The van der Waals surface area contributed by atoms with Crippen LogP contribution in [0.5, 0.6) is 0 Å². The molecule has 0 bridgehead atoms. The zero-order chi connectivity index (χ0) is 17.8. The number of anilines is 2. The number of rotatable bonds is 4. The van der Waals surface area contributed by atoms with Gasteiger partial charge in [-0.3, -0.25) is 0 Å². The SMILES string of the molecule is Cc1ccc(NC(=S)N[C@@H](C)c2ccc(N3CCCC3)cc2)cc1C. The van der Waals surface area contributed by atoms with Gasteiger partial charge in [0.15, 0.2) is 5.11 Å². The van der Waals surface area contributed by atoms with Gasteiger partial charge in [0.2, 0.25) is 0 Å². The van der Waals surface area contributed by atoms with Gasteiger partial charge in [-0.15, -0.1) is 0 Å². The summed E-state index contributed by atoms with van der Waals surface area (Å²) in [6, 6.07) is 15.3. The topological polar surface area (TPSA) is 27.3 Å². The molecule has 0 saturated carbocycles. The van der Waals surface area contributed by atoms with Crippen LogP contribution in [0.25, 0.3) is 0 Å². The molecule has 1 fully saturated rings. The molecule has 2 N–H and O–H groups in total. The van der Waals surface area contributed by atoms with E-state index in [4.69, 9.17) is 12.2 Å². The molecule has 0 spiro atoms. The molecule has 2 aromatic rings. The molecule has 1 heterocycles. The van der Waals surface area contributed by atoms with Crippen LogP contribution in [0.1, 0.15) is 42.5 Å². The number of benzene rings is 2. The van der Waals surface area contributed by atoms with E-state index in [1.807, 2.05) is 0 Å². The second-order valence-electron chi connectivity index (χ2n) is 6.90. The summed E-state index contributed by atoms with van der Waals surface area (Å²) in [7, 11) is 0. The summed E-state index contributed by atoms with van der Waals surface area (Å²) in [5.74, 6) is 0. The first-order chi connectivity index (χ1) is 12.0. The predicted octanol–water partition coefficient (Wildman–Crippen LogP) is 4.95. The molecule has 0 amide bonds. The van der Waals surface area contributed by atoms with Crippen molar-refractivity contribution in [3.63, 3.8) is 0 Å². The zero-order valence-corrected chi connectivity index (χ0v) is 16.1. The van der Waals surface area contributed by atoms with Crippen LogP contribution in [0.4, 0.5) is 11.4 Å². The van der Waals surface area contributed by atoms with Gasteiger partial charge in [-0.05, 0) is 86.8 Å². The average molecular weight is 354 g/mol. The standard InChI is InChI=1S/C21H27N3S/c1-15-6-9-19(14-16(15)2)23-21(25)22-17(3)18-7-10-20(11-8-18)24-12-4-5-13-24/h6-11,14,17H,4-5,12-13H2,1-3H3,(H2,22,23,25)/t17-/m0/s1. The van der Waals surface area contributed by atoms with E-state index >= 15 is 0 Å². The highest BCUT2D eigenvalue weighted by Crippen LogP contribution is 2.23. The maximum Gasteiger partial charge on any atom is 0.171 e. The molecule has 0 radical (unpaired) electrons. The van der Waals surface area contributed by atoms with E-state index in [1.54, 1.807) is 0 Å². The number of nitrogens with one attached hydrogen (secondary N) is 2. The quantitative estimate of drug-likeness (QED) is 0.761. The largest absolute Gasteiger partial charge is 0.372 e. The smallest absolute Gasteiger partial charge is 0.171 e. The van der Waals surface area contributed by atoms with Crippen molar-refractivity contribution < 1.29 is 0 Å². The van der Waals surface area contributed by atoms with E-state index < -0.39 is 0 Å². The first-order valence-corrected chi connectivity index (χ1v) is 9.43. The minimum Gasteiger partial charge on any atom is -0.372 e. The van der Waals surface area contributed by atoms with Crippen molar-refractivity contribution in [3.8, 4) is 0 Å². The van der Waals surface area contributed by atoms with E-state index in [2.05, 4.69) is 78.8 Å². The van der Waals surface area contributed by atoms with Crippen molar-refractivity contribution in [3.05, 3.63) is 59.2 Å². The highest BCUT2D eigenvalue weighted by molar-refractivity contribution is 7.80. The summed E-state index contributed by atoms with van der Waals surface area (Å²) < 4.78 is 0. The van der Waals surface area contributed by atoms with Gasteiger partial charge in [0, 0.05) is 24.5 Å². The Kier molecular flexibility index (Phi) is 5.59. The fourth-order valence-corrected chi connectivity index (χ4v) is 3.51. The lowest BCUT2D eigenvalue weighted by atomic mass is 10.1. The first kappa shape index (κ1) is 17.7. The van der Waals surface area contributed by atoms with Gasteiger partial charge in [-0.1, -0.05) is 18.2 Å². The summed E-state index contributed by atoms with van der Waals surface area (Å²) in [6.07, 6.45) is 2.61. The molecule has 1 saturated heterocycles. The fraction of sp³-hybridized carbons (Fsp3) is 0.381. The van der Waals surface area contributed by atoms with E-state index in [9.17, 15) is 0 Å². The zero-order valence-electron chi connectivity index (χ0n) is 15.3. The molecule has 1 aliphatic rings. The normalized spacial score (nSPS) is 15.1. The first-order valence-electron chi connectivity index (χ1n) is 9.02. The molecule has 0 unspecified atom stereocenters. The Balaban J connectivity index is 1.58. The van der Waals surface area contributed by atoms with Gasteiger partial charge in [-0.25, -0.2) is 0 Å². The molecule has 3 rings (SSSR count). The number of aryl methyl sites for hydroxylation is 2. The van der Waals surface area contributed by atoms with Gasteiger partial charge < -0.3 is 15.5 Å². The van der Waals surface area contributed by atoms with Crippen molar-refractivity contribution in [2.45, 2.75) is 39.7 Å². The summed E-state index contributed by atoms with van der Waals surface area (Å²) in [6.45, 7) is 8.72. The van der Waals surface area contributed by atoms with Crippen molar-refractivity contribution >= 4 is 28.7 Å². The van der Waals surface area contributed by atoms with E-state index in [0.29, 0.717) is 5.11 Å². The molecule has 1 atom stereocenters. The van der Waals surface area contributed by atoms with Crippen LogP contribution in [-0.4, -0.2) is 18.2 Å². The van der Waals surface area contributed by atoms with E-state index in [-0.39, 0.29) is 6.04 Å². The van der Waals surface area contributed by atoms with Crippen LogP contribution in [0, 0.1) is 13.8 Å². The lowest BCUT2D eigenvalue weighted by Gasteiger charge is -2.20. The highest BCUT2D eigenvalue weighted by Gasteiger charge is 2.13. The molecule has 4 heteroatoms. The Morgan fingerprint density at radius 2 is 1.68 bits per heavy atom. The second-order valence-corrected chi connectivity index (χ2v) is 7.31. The summed E-state index contributed by atoms with van der Waals surface area (Å²) in [5.41, 5.74) is 6.14. The van der Waals surface area contributed by atoms with Crippen LogP contribution >= 0.6 is 12.2 Å². The summed E-state index contributed by atoms with van der Waals surface area (Å²) in [4.78, 5) is 2.45. The van der Waals surface area contributed by atoms with Gasteiger partial charge in [-0.2, -0.15) is 0 Å². The molecule has 25 heavy (non-hydrogen) atoms. The number of nitrogens with zero attached hydrogens (tertiary/aromatic N) is 1. The number of hydrogen-bond acceptors (Lipinski definition) is 2. The Morgan fingerprint density at radius 1 is 1.00 bits per heavy atom. The van der Waals surface area contributed by atoms with Gasteiger partial charge in [0.25, 0.3) is 0 Å². The Hall–Kier alpha value is -2.07. The van der Waals surface area contributed by atoms with Crippen LogP contribution in [0.2, 0.25) is 0 Å². The molecule has 1 aliphatic heterocycles. The third-order valence-electron chi connectivity index (χ3n) is 4.98. The van der Waals surface area contributed by atoms with Gasteiger partial charge in [0.1, 0.15) is 0 Å². The number of thiocarbonyl (C=S) groups is 1. The van der Waals surface area contributed by atoms with Crippen molar-refractivity contribution in [1.29, 1.82) is 0 Å². The van der Waals surface area contributed by atoms with Crippen LogP contribution in [0.3, 0.4) is 0 Å². The Morgan fingerprint density at radius 3 is 2.32 bits per heavy atom. The van der Waals surface area contributed by atoms with Crippen LogP contribution in [-0.2, 0) is 0 Å². The van der Waals surface area contributed by atoms with Gasteiger partial charge in [0.05, 0.1) is 6.04 Å². The third-order valence-corrected chi connectivity index (χ3v) is 5.20. The van der Waals surface area contributed by atoms with Crippen LogP contribution < -0.4 is 15.5 Å². The van der Waals surface area contributed by atoms with Gasteiger partial charge >= 0.3 is 0 Å². The molecule has 2 aromatic carbocycles. The third kappa shape index (κ3) is 4.51. The molecular weight excluding hydrogens is 326 g/mol. The molecule has 0 aliphatic carbocycles. The Labute approximate surface area is 156 Å². The molecule has 3 nitrogen and oxygen atoms in total. The monoisotopic (exact) mass is 353 g/mol. The second kappa shape index (κ2) is 7.87. The maximum absolute atomic E-state index is 5.47. The van der Waals surface area contributed by atoms with E-state index in [0.717, 1.165) is 5.69 Å². The lowest BCUT2D eigenvalue weighted by Crippen LogP contribution is -2.31. The fourth-order valence-electron chi connectivity index (χ4n) is 3.22.